The van der Waals surface area contributed by atoms with Gasteiger partial charge in [0.1, 0.15) is 11.6 Å². The SMILES string of the molecule is CCn1c(Cc2cc(Cl)cnc2N)nc2ccccc21. The fourth-order valence-corrected chi connectivity index (χ4v) is 2.60. The molecule has 0 unspecified atom stereocenters. The lowest BCUT2D eigenvalue weighted by Crippen LogP contribution is -2.05. The van der Waals surface area contributed by atoms with Gasteiger partial charge in [-0.1, -0.05) is 23.7 Å². The summed E-state index contributed by atoms with van der Waals surface area (Å²) in [4.78, 5) is 8.78. The van der Waals surface area contributed by atoms with Crippen LogP contribution in [-0.4, -0.2) is 14.5 Å². The minimum atomic E-state index is 0.504. The minimum Gasteiger partial charge on any atom is -0.383 e. The Morgan fingerprint density at radius 3 is 2.90 bits per heavy atom. The molecule has 3 rings (SSSR count). The molecule has 0 aliphatic heterocycles. The fourth-order valence-electron chi connectivity index (χ4n) is 2.42. The Hall–Kier alpha value is -2.07. The summed E-state index contributed by atoms with van der Waals surface area (Å²) in [7, 11) is 0. The van der Waals surface area contributed by atoms with Crippen LogP contribution in [0.3, 0.4) is 0 Å². The van der Waals surface area contributed by atoms with Crippen LogP contribution in [-0.2, 0) is 13.0 Å². The lowest BCUT2D eigenvalue weighted by molar-refractivity contribution is 0.733. The zero-order chi connectivity index (χ0) is 14.1. The van der Waals surface area contributed by atoms with Gasteiger partial charge in [0.25, 0.3) is 0 Å². The van der Waals surface area contributed by atoms with Crippen molar-refractivity contribution >= 4 is 28.5 Å². The first kappa shape index (κ1) is 12.9. The summed E-state index contributed by atoms with van der Waals surface area (Å²) in [6.07, 6.45) is 2.19. The molecule has 0 saturated heterocycles. The predicted octanol–water partition coefficient (Wildman–Crippen LogP) is 3.28. The Balaban J connectivity index is 2.08. The molecular weight excluding hydrogens is 272 g/mol. The molecule has 0 radical (unpaired) electrons. The number of imidazole rings is 1. The smallest absolute Gasteiger partial charge is 0.127 e. The van der Waals surface area contributed by atoms with Crippen molar-refractivity contribution in [3.8, 4) is 0 Å². The van der Waals surface area contributed by atoms with Crippen molar-refractivity contribution < 1.29 is 0 Å². The monoisotopic (exact) mass is 286 g/mol. The molecule has 0 fully saturated rings. The van der Waals surface area contributed by atoms with Crippen LogP contribution >= 0.6 is 11.6 Å². The number of nitrogens with two attached hydrogens (primary N) is 1. The summed E-state index contributed by atoms with van der Waals surface area (Å²) in [5.41, 5.74) is 8.96. The highest BCUT2D eigenvalue weighted by molar-refractivity contribution is 6.30. The van der Waals surface area contributed by atoms with Gasteiger partial charge in [-0.15, -0.1) is 0 Å². The van der Waals surface area contributed by atoms with Crippen molar-refractivity contribution in [2.45, 2.75) is 19.9 Å². The van der Waals surface area contributed by atoms with E-state index in [2.05, 4.69) is 27.5 Å². The standard InChI is InChI=1S/C15H15ClN4/c1-2-20-13-6-4-3-5-12(13)19-14(20)8-10-7-11(16)9-18-15(10)17/h3-7,9H,2,8H2,1H3,(H2,17,18). The van der Waals surface area contributed by atoms with Gasteiger partial charge < -0.3 is 10.3 Å². The van der Waals surface area contributed by atoms with E-state index in [1.165, 1.54) is 0 Å². The molecule has 0 aliphatic carbocycles. The van der Waals surface area contributed by atoms with Crippen LogP contribution in [0.5, 0.6) is 0 Å². The Labute approximate surface area is 122 Å². The highest BCUT2D eigenvalue weighted by Crippen LogP contribution is 2.22. The van der Waals surface area contributed by atoms with Crippen LogP contribution in [0.2, 0.25) is 5.02 Å². The van der Waals surface area contributed by atoms with Crippen molar-refractivity contribution in [2.24, 2.45) is 0 Å². The molecule has 2 N–H and O–H groups in total. The van der Waals surface area contributed by atoms with Crippen LogP contribution < -0.4 is 5.73 Å². The van der Waals surface area contributed by atoms with Crippen LogP contribution in [0.1, 0.15) is 18.3 Å². The minimum absolute atomic E-state index is 0.504. The average molecular weight is 287 g/mol. The number of nitrogens with zero attached hydrogens (tertiary/aromatic N) is 3. The van der Waals surface area contributed by atoms with Crippen LogP contribution in [0.4, 0.5) is 5.82 Å². The van der Waals surface area contributed by atoms with Crippen LogP contribution in [0.15, 0.2) is 36.5 Å². The molecular formula is C15H15ClN4. The predicted molar refractivity (Wildman–Crippen MR) is 81.9 cm³/mol. The highest BCUT2D eigenvalue weighted by atomic mass is 35.5. The van der Waals surface area contributed by atoms with E-state index >= 15 is 0 Å². The van der Waals surface area contributed by atoms with E-state index in [0.29, 0.717) is 17.3 Å². The lowest BCUT2D eigenvalue weighted by atomic mass is 10.2. The second-order valence-corrected chi connectivity index (χ2v) is 5.07. The first-order valence-electron chi connectivity index (χ1n) is 6.53. The number of fused-ring (bicyclic) bond motifs is 1. The third-order valence-corrected chi connectivity index (χ3v) is 3.57. The summed E-state index contributed by atoms with van der Waals surface area (Å²) in [6.45, 7) is 2.97. The van der Waals surface area contributed by atoms with Crippen molar-refractivity contribution in [3.63, 3.8) is 0 Å². The fraction of sp³-hybridized carbons (Fsp3) is 0.200. The number of hydrogen-bond acceptors (Lipinski definition) is 3. The summed E-state index contributed by atoms with van der Waals surface area (Å²) in [5.74, 6) is 1.48. The highest BCUT2D eigenvalue weighted by Gasteiger charge is 2.11. The summed E-state index contributed by atoms with van der Waals surface area (Å²) < 4.78 is 2.19. The Kier molecular flexibility index (Phi) is 3.32. The van der Waals surface area contributed by atoms with Crippen molar-refractivity contribution in [1.82, 2.24) is 14.5 Å². The molecule has 20 heavy (non-hydrogen) atoms. The molecule has 0 spiro atoms. The molecule has 0 aliphatic rings. The molecule has 5 heteroatoms. The summed E-state index contributed by atoms with van der Waals surface area (Å²) >= 11 is 5.99. The van der Waals surface area contributed by atoms with E-state index in [9.17, 15) is 0 Å². The molecule has 4 nitrogen and oxygen atoms in total. The first-order valence-corrected chi connectivity index (χ1v) is 6.91. The number of para-hydroxylation sites is 2. The van der Waals surface area contributed by atoms with E-state index in [0.717, 1.165) is 29.0 Å². The largest absolute Gasteiger partial charge is 0.383 e. The zero-order valence-corrected chi connectivity index (χ0v) is 11.9. The number of pyridine rings is 1. The quantitative estimate of drug-likeness (QED) is 0.804. The third kappa shape index (κ3) is 2.23. The van der Waals surface area contributed by atoms with Crippen molar-refractivity contribution in [1.29, 1.82) is 0 Å². The van der Waals surface area contributed by atoms with Crippen LogP contribution in [0, 0.1) is 0 Å². The maximum Gasteiger partial charge on any atom is 0.127 e. The maximum atomic E-state index is 5.99. The van der Waals surface area contributed by atoms with E-state index in [-0.39, 0.29) is 0 Å². The third-order valence-electron chi connectivity index (χ3n) is 3.37. The number of anilines is 1. The summed E-state index contributed by atoms with van der Waals surface area (Å²) in [6, 6.07) is 9.96. The van der Waals surface area contributed by atoms with Gasteiger partial charge in [-0.2, -0.15) is 0 Å². The van der Waals surface area contributed by atoms with E-state index in [1.54, 1.807) is 6.20 Å². The molecule has 2 heterocycles. The number of benzene rings is 1. The van der Waals surface area contributed by atoms with E-state index in [1.807, 2.05) is 24.3 Å². The van der Waals surface area contributed by atoms with Gasteiger partial charge in [0, 0.05) is 24.7 Å². The number of aryl methyl sites for hydroxylation is 1. The molecule has 102 valence electrons. The molecule has 1 aromatic carbocycles. The number of aromatic nitrogens is 3. The number of rotatable bonds is 3. The summed E-state index contributed by atoms with van der Waals surface area (Å²) in [5, 5.41) is 0.591. The molecule has 2 aromatic heterocycles. The van der Waals surface area contributed by atoms with Crippen LogP contribution in [0.25, 0.3) is 11.0 Å². The van der Waals surface area contributed by atoms with Gasteiger partial charge in [-0.3, -0.25) is 0 Å². The van der Waals surface area contributed by atoms with Gasteiger partial charge in [0.05, 0.1) is 16.1 Å². The van der Waals surface area contributed by atoms with E-state index < -0.39 is 0 Å². The van der Waals surface area contributed by atoms with Gasteiger partial charge in [-0.05, 0) is 25.1 Å². The first-order chi connectivity index (χ1) is 9.69. The second-order valence-electron chi connectivity index (χ2n) is 4.64. The topological polar surface area (TPSA) is 56.7 Å². The van der Waals surface area contributed by atoms with Crippen molar-refractivity contribution in [2.75, 3.05) is 5.73 Å². The second kappa shape index (κ2) is 5.13. The molecule has 0 bridgehead atoms. The van der Waals surface area contributed by atoms with Gasteiger partial charge in [0.15, 0.2) is 0 Å². The van der Waals surface area contributed by atoms with Crippen molar-refractivity contribution in [3.05, 3.63) is 52.9 Å². The Morgan fingerprint density at radius 1 is 1.30 bits per heavy atom. The number of halogens is 1. The molecule has 0 atom stereocenters. The molecule has 0 saturated carbocycles. The normalized spacial score (nSPS) is 11.1. The zero-order valence-electron chi connectivity index (χ0n) is 11.2. The van der Waals surface area contributed by atoms with E-state index in [4.69, 9.17) is 17.3 Å². The van der Waals surface area contributed by atoms with Gasteiger partial charge >= 0.3 is 0 Å². The lowest BCUT2D eigenvalue weighted by Gasteiger charge is -2.08. The Morgan fingerprint density at radius 2 is 2.10 bits per heavy atom. The van der Waals surface area contributed by atoms with Gasteiger partial charge in [0.2, 0.25) is 0 Å². The maximum absolute atomic E-state index is 5.99. The van der Waals surface area contributed by atoms with Gasteiger partial charge in [-0.25, -0.2) is 9.97 Å². The number of hydrogen-bond donors (Lipinski definition) is 1. The number of nitrogen functional groups attached to an aromatic ring is 1. The Bertz CT molecular complexity index is 764. The molecule has 0 amide bonds. The average Bonchev–Trinajstić information content (AvgIpc) is 2.80. The molecule has 3 aromatic rings.